The van der Waals surface area contributed by atoms with Gasteiger partial charge in [-0.05, 0) is 84.5 Å². The largest absolute Gasteiger partial charge is 0.444 e. The number of urea groups is 2. The summed E-state index contributed by atoms with van der Waals surface area (Å²) in [4.78, 5) is 76.7. The maximum absolute atomic E-state index is 12.6. The molecular formula is C32H53N7O16S2. The standard InChI is InChI=1S/C18H30N4O9S.C14H23N3O7S/c1-18(2,3)30-17(25)20-9-5-4-6-13(20)11-29-19-15(23)14-8-7-12-10-21(14)16(24)22(12)31-32(26,27)28;18-13(15-23-9-10-4-2-1-3-5-10)12-7-6-11-8-16(12)14(19)17(11)24-25(20,21)22/h12-14H,4-11H2,1-3H3,(H,19,23)(H,26,27,28);10-12H,1-9H2,(H,15,18)(H,20,21,22)/t12-,13?,14+;11-,12+/m11/s1. The zero-order chi connectivity index (χ0) is 41.7. The molecule has 324 valence electrons. The predicted octanol–water partition coefficient (Wildman–Crippen LogP) is 1.44. The summed E-state index contributed by atoms with van der Waals surface area (Å²) in [6.45, 7) is 6.66. The van der Waals surface area contributed by atoms with E-state index in [9.17, 15) is 40.8 Å². The van der Waals surface area contributed by atoms with E-state index in [0.29, 0.717) is 54.9 Å². The van der Waals surface area contributed by atoms with E-state index in [0.717, 1.165) is 25.7 Å². The molecule has 1 aliphatic carbocycles. The van der Waals surface area contributed by atoms with Crippen molar-refractivity contribution in [1.82, 2.24) is 35.8 Å². The average Bonchev–Trinajstić information content (AvgIpc) is 3.49. The first-order chi connectivity index (χ1) is 26.7. The highest BCUT2D eigenvalue weighted by atomic mass is 32.3. The van der Waals surface area contributed by atoms with Gasteiger partial charge in [0.05, 0.1) is 31.3 Å². The fourth-order valence-corrected chi connectivity index (χ4v) is 8.65. The molecule has 7 amide bonds. The maximum Gasteiger partial charge on any atom is 0.418 e. The van der Waals surface area contributed by atoms with Crippen LogP contribution >= 0.6 is 0 Å². The monoisotopic (exact) mass is 855 g/mol. The van der Waals surface area contributed by atoms with E-state index < -0.39 is 80.5 Å². The van der Waals surface area contributed by atoms with Crippen molar-refractivity contribution in [3.05, 3.63) is 0 Å². The molecule has 6 fully saturated rings. The van der Waals surface area contributed by atoms with Crippen LogP contribution in [0.15, 0.2) is 0 Å². The van der Waals surface area contributed by atoms with E-state index in [1.165, 1.54) is 29.1 Å². The zero-order valence-corrected chi connectivity index (χ0v) is 33.8. The quantitative estimate of drug-likeness (QED) is 0.160. The lowest BCUT2D eigenvalue weighted by atomic mass is 9.90. The Morgan fingerprint density at radius 2 is 1.16 bits per heavy atom. The molecule has 4 N–H and O–H groups in total. The first-order valence-electron chi connectivity index (χ1n) is 19.1. The van der Waals surface area contributed by atoms with Gasteiger partial charge >= 0.3 is 39.0 Å². The molecule has 5 aliphatic heterocycles. The number of hydrogen-bond donors (Lipinski definition) is 4. The Labute approximate surface area is 331 Å². The molecule has 4 bridgehead atoms. The Balaban J connectivity index is 0.000000224. The Bertz CT molecular complexity index is 1710. The minimum Gasteiger partial charge on any atom is -0.444 e. The van der Waals surface area contributed by atoms with Crippen LogP contribution in [0.5, 0.6) is 0 Å². The van der Waals surface area contributed by atoms with Crippen LogP contribution in [-0.2, 0) is 53.4 Å². The number of fused-ring (bicyclic) bond motifs is 4. The number of likely N-dealkylation sites (tertiary alicyclic amines) is 1. The molecule has 1 unspecified atom stereocenters. The Kier molecular flexibility index (Phi) is 14.5. The number of nitrogens with one attached hydrogen (secondary N) is 2. The lowest BCUT2D eigenvalue weighted by Crippen LogP contribution is -2.52. The number of hydrogen-bond acceptors (Lipinski definition) is 14. The minimum absolute atomic E-state index is 0.0618. The summed E-state index contributed by atoms with van der Waals surface area (Å²) in [6.07, 6.45) is 9.14. The molecule has 6 rings (SSSR count). The van der Waals surface area contributed by atoms with Gasteiger partial charge in [0, 0.05) is 19.6 Å². The van der Waals surface area contributed by atoms with E-state index in [1.807, 2.05) is 0 Å². The summed E-state index contributed by atoms with van der Waals surface area (Å²) < 4.78 is 75.4. The lowest BCUT2D eigenvalue weighted by molar-refractivity contribution is -0.141. The van der Waals surface area contributed by atoms with Crippen LogP contribution in [0.2, 0.25) is 0 Å². The Morgan fingerprint density at radius 1 is 0.684 bits per heavy atom. The molecule has 6 aliphatic rings. The number of hydroxylamine groups is 6. The fraction of sp³-hybridized carbons (Fsp3) is 0.844. The Morgan fingerprint density at radius 3 is 1.63 bits per heavy atom. The molecule has 57 heavy (non-hydrogen) atoms. The molecule has 0 aromatic heterocycles. The number of rotatable bonds is 12. The van der Waals surface area contributed by atoms with Crippen LogP contribution in [0, 0.1) is 5.92 Å². The Hall–Kier alpha value is -3.59. The van der Waals surface area contributed by atoms with Gasteiger partial charge in [-0.15, -0.1) is 8.57 Å². The van der Waals surface area contributed by atoms with Crippen molar-refractivity contribution in [2.75, 3.05) is 32.8 Å². The minimum atomic E-state index is -4.86. The van der Waals surface area contributed by atoms with Gasteiger partial charge in [0.15, 0.2) is 0 Å². The van der Waals surface area contributed by atoms with Crippen molar-refractivity contribution < 1.29 is 72.9 Å². The van der Waals surface area contributed by atoms with Crippen molar-refractivity contribution >= 4 is 50.8 Å². The third-order valence-corrected chi connectivity index (χ3v) is 11.2. The van der Waals surface area contributed by atoms with E-state index in [4.69, 9.17) is 23.5 Å². The molecule has 1 saturated carbocycles. The van der Waals surface area contributed by atoms with Gasteiger partial charge < -0.3 is 19.4 Å². The number of carbonyl (C=O) groups is 5. The summed E-state index contributed by atoms with van der Waals surface area (Å²) in [5.74, 6) is -0.557. The SMILES string of the molecule is CC(C)(C)OC(=O)N1CCCCC1CONC(=O)[C@@H]1CC[C@@H]2CN1C(=O)N2OS(=O)(=O)O.O=C(NOCC1CCCCC1)[C@@H]1CC[C@@H]2CN1C(=O)N2OS(=O)(=O)O. The van der Waals surface area contributed by atoms with Gasteiger partial charge in [-0.1, -0.05) is 19.3 Å². The van der Waals surface area contributed by atoms with Gasteiger partial charge in [-0.25, -0.2) is 25.3 Å². The average molecular weight is 856 g/mol. The van der Waals surface area contributed by atoms with Crippen molar-refractivity contribution in [2.24, 2.45) is 5.92 Å². The van der Waals surface area contributed by atoms with Crippen LogP contribution in [0.25, 0.3) is 0 Å². The van der Waals surface area contributed by atoms with E-state index in [1.54, 1.807) is 25.7 Å². The predicted molar refractivity (Wildman–Crippen MR) is 192 cm³/mol. The van der Waals surface area contributed by atoms with Crippen molar-refractivity contribution in [1.29, 1.82) is 0 Å². The second-order valence-corrected chi connectivity index (χ2v) is 17.9. The van der Waals surface area contributed by atoms with Crippen LogP contribution in [0.1, 0.15) is 97.8 Å². The molecule has 5 heterocycles. The molecule has 0 aromatic carbocycles. The number of nitrogens with zero attached hydrogens (tertiary/aromatic N) is 5. The molecule has 0 spiro atoms. The van der Waals surface area contributed by atoms with E-state index in [2.05, 4.69) is 19.5 Å². The smallest absolute Gasteiger partial charge is 0.418 e. The molecule has 23 nitrogen and oxygen atoms in total. The van der Waals surface area contributed by atoms with Gasteiger partial charge in [-0.2, -0.15) is 27.0 Å². The first kappa shape index (κ1) is 44.5. The van der Waals surface area contributed by atoms with Crippen LogP contribution < -0.4 is 11.0 Å². The molecule has 0 aromatic rings. The van der Waals surface area contributed by atoms with Crippen molar-refractivity contribution in [3.8, 4) is 0 Å². The van der Waals surface area contributed by atoms with Crippen LogP contribution in [0.3, 0.4) is 0 Å². The summed E-state index contributed by atoms with van der Waals surface area (Å²) in [7, 11) is -9.65. The van der Waals surface area contributed by atoms with Crippen molar-refractivity contribution in [2.45, 2.75) is 134 Å². The summed E-state index contributed by atoms with van der Waals surface area (Å²) in [5, 5.41) is 1.19. The fourth-order valence-electron chi connectivity index (χ4n) is 7.87. The highest BCUT2D eigenvalue weighted by Crippen LogP contribution is 2.32. The third-order valence-electron chi connectivity index (χ3n) is 10.5. The number of amides is 7. The molecular weight excluding hydrogens is 803 g/mol. The van der Waals surface area contributed by atoms with Gasteiger partial charge in [0.2, 0.25) is 0 Å². The second kappa shape index (κ2) is 18.6. The summed E-state index contributed by atoms with van der Waals surface area (Å²) in [5.41, 5.74) is 4.12. The molecule has 25 heteroatoms. The van der Waals surface area contributed by atoms with E-state index >= 15 is 0 Å². The first-order valence-corrected chi connectivity index (χ1v) is 21.8. The van der Waals surface area contributed by atoms with Crippen LogP contribution in [0.4, 0.5) is 14.4 Å². The lowest BCUT2D eigenvalue weighted by Gasteiger charge is -2.36. The van der Waals surface area contributed by atoms with Gasteiger partial charge in [0.1, 0.15) is 17.7 Å². The molecule has 5 atom stereocenters. The topological polar surface area (TPSA) is 280 Å². The third kappa shape index (κ3) is 12.2. The summed E-state index contributed by atoms with van der Waals surface area (Å²) in [6, 6.07) is -4.56. The zero-order valence-electron chi connectivity index (χ0n) is 32.1. The normalized spacial score (nSPS) is 26.9. The molecule has 5 saturated heterocycles. The van der Waals surface area contributed by atoms with Gasteiger partial charge in [-0.3, -0.25) is 28.4 Å². The number of piperidine rings is 3. The van der Waals surface area contributed by atoms with Crippen LogP contribution in [-0.4, -0.2) is 149 Å². The molecule has 0 radical (unpaired) electrons. The second-order valence-electron chi connectivity index (χ2n) is 15.9. The number of carbonyl (C=O) groups excluding carboxylic acids is 5. The van der Waals surface area contributed by atoms with Gasteiger partial charge in [0.25, 0.3) is 11.8 Å². The maximum atomic E-state index is 12.6. The number of ether oxygens (including phenoxy) is 1. The highest BCUT2D eigenvalue weighted by Gasteiger charge is 2.51. The van der Waals surface area contributed by atoms with E-state index in [-0.39, 0.29) is 32.2 Å². The highest BCUT2D eigenvalue weighted by molar-refractivity contribution is 7.81. The summed E-state index contributed by atoms with van der Waals surface area (Å²) >= 11 is 0. The van der Waals surface area contributed by atoms with Crippen molar-refractivity contribution in [3.63, 3.8) is 0 Å².